The number of benzene rings is 2. The lowest BCUT2D eigenvalue weighted by atomic mass is 10.1. The lowest BCUT2D eigenvalue weighted by Crippen LogP contribution is -2.11. The number of carbonyl (C=O) groups excluding carboxylic acids is 1. The highest BCUT2D eigenvalue weighted by molar-refractivity contribution is 5.91. The summed E-state index contributed by atoms with van der Waals surface area (Å²) >= 11 is 0. The fraction of sp³-hybridized carbons (Fsp3) is 0.0556. The standard InChI is InChI=1S/C18H13FN2O3/c1-23-13-8-6-12(7-9-13)16-10-11-17(21-20-16)24-18(22)14-4-2-3-5-15(14)19/h2-11H,1H3. The minimum atomic E-state index is -0.820. The maximum absolute atomic E-state index is 13.5. The number of hydrogen-bond donors (Lipinski definition) is 0. The van der Waals surface area contributed by atoms with Crippen molar-refractivity contribution in [2.45, 2.75) is 0 Å². The van der Waals surface area contributed by atoms with Crippen molar-refractivity contribution >= 4 is 5.97 Å². The molecule has 0 N–H and O–H groups in total. The highest BCUT2D eigenvalue weighted by atomic mass is 19.1. The number of halogens is 1. The summed E-state index contributed by atoms with van der Waals surface area (Å²) < 4.78 is 23.7. The second kappa shape index (κ2) is 6.87. The number of carbonyl (C=O) groups is 1. The minimum absolute atomic E-state index is 0.000477. The van der Waals surface area contributed by atoms with Gasteiger partial charge >= 0.3 is 5.97 Å². The van der Waals surface area contributed by atoms with E-state index in [1.807, 2.05) is 24.3 Å². The molecule has 0 saturated heterocycles. The molecule has 3 aromatic rings. The van der Waals surface area contributed by atoms with E-state index in [9.17, 15) is 9.18 Å². The van der Waals surface area contributed by atoms with Crippen LogP contribution in [0.3, 0.4) is 0 Å². The van der Waals surface area contributed by atoms with E-state index < -0.39 is 11.8 Å². The van der Waals surface area contributed by atoms with Crippen LogP contribution in [0, 0.1) is 5.82 Å². The van der Waals surface area contributed by atoms with Crippen LogP contribution in [0.1, 0.15) is 10.4 Å². The zero-order valence-corrected chi connectivity index (χ0v) is 12.8. The van der Waals surface area contributed by atoms with Crippen LogP contribution in [0.4, 0.5) is 4.39 Å². The first-order chi connectivity index (χ1) is 11.7. The number of aromatic nitrogens is 2. The molecule has 0 aliphatic heterocycles. The van der Waals surface area contributed by atoms with Gasteiger partial charge in [-0.05, 0) is 42.5 Å². The largest absolute Gasteiger partial charge is 0.497 e. The number of esters is 1. The normalized spacial score (nSPS) is 10.2. The molecular weight excluding hydrogens is 311 g/mol. The zero-order chi connectivity index (χ0) is 16.9. The van der Waals surface area contributed by atoms with Gasteiger partial charge in [-0.3, -0.25) is 0 Å². The van der Waals surface area contributed by atoms with Crippen molar-refractivity contribution in [1.82, 2.24) is 10.2 Å². The number of ether oxygens (including phenoxy) is 2. The van der Waals surface area contributed by atoms with E-state index >= 15 is 0 Å². The third-order valence-corrected chi connectivity index (χ3v) is 3.32. The molecule has 1 heterocycles. The van der Waals surface area contributed by atoms with Gasteiger partial charge in [-0.2, -0.15) is 0 Å². The smallest absolute Gasteiger partial charge is 0.347 e. The number of nitrogens with zero attached hydrogens (tertiary/aromatic N) is 2. The molecule has 0 unspecified atom stereocenters. The van der Waals surface area contributed by atoms with E-state index in [0.717, 1.165) is 11.3 Å². The van der Waals surface area contributed by atoms with E-state index in [-0.39, 0.29) is 11.4 Å². The zero-order valence-electron chi connectivity index (χ0n) is 12.8. The van der Waals surface area contributed by atoms with Crippen LogP contribution in [-0.4, -0.2) is 23.3 Å². The van der Waals surface area contributed by atoms with Gasteiger partial charge in [0.15, 0.2) is 0 Å². The van der Waals surface area contributed by atoms with Crippen molar-refractivity contribution in [3.63, 3.8) is 0 Å². The van der Waals surface area contributed by atoms with Gasteiger partial charge in [0.05, 0.1) is 18.4 Å². The summed E-state index contributed by atoms with van der Waals surface area (Å²) in [5.74, 6) is -0.729. The van der Waals surface area contributed by atoms with Gasteiger partial charge in [0.1, 0.15) is 11.6 Å². The van der Waals surface area contributed by atoms with Crippen molar-refractivity contribution in [1.29, 1.82) is 0 Å². The van der Waals surface area contributed by atoms with E-state index in [0.29, 0.717) is 5.69 Å². The predicted molar refractivity (Wildman–Crippen MR) is 85.4 cm³/mol. The Hall–Kier alpha value is -3.28. The van der Waals surface area contributed by atoms with E-state index in [1.165, 1.54) is 24.3 Å². The molecule has 6 heteroatoms. The topological polar surface area (TPSA) is 61.3 Å². The molecule has 3 rings (SSSR count). The molecule has 0 aliphatic rings. The van der Waals surface area contributed by atoms with Crippen molar-refractivity contribution in [3.05, 3.63) is 72.0 Å². The molecule has 0 aliphatic carbocycles. The highest BCUT2D eigenvalue weighted by Crippen LogP contribution is 2.21. The first-order valence-electron chi connectivity index (χ1n) is 7.12. The van der Waals surface area contributed by atoms with Gasteiger partial charge in [-0.15, -0.1) is 10.2 Å². The molecule has 24 heavy (non-hydrogen) atoms. The van der Waals surface area contributed by atoms with Crippen molar-refractivity contribution in [2.24, 2.45) is 0 Å². The number of hydrogen-bond acceptors (Lipinski definition) is 5. The average Bonchev–Trinajstić information content (AvgIpc) is 2.63. The van der Waals surface area contributed by atoms with Crippen LogP contribution in [0.5, 0.6) is 11.6 Å². The SMILES string of the molecule is COc1ccc(-c2ccc(OC(=O)c3ccccc3F)nn2)cc1. The summed E-state index contributed by atoms with van der Waals surface area (Å²) in [5, 5.41) is 7.86. The molecule has 0 fully saturated rings. The Kier molecular flexibility index (Phi) is 4.47. The quantitative estimate of drug-likeness (QED) is 0.687. The van der Waals surface area contributed by atoms with Gasteiger partial charge in [0.25, 0.3) is 0 Å². The third kappa shape index (κ3) is 3.38. The molecule has 1 aromatic heterocycles. The van der Waals surface area contributed by atoms with Crippen molar-refractivity contribution in [2.75, 3.05) is 7.11 Å². The maximum Gasteiger partial charge on any atom is 0.347 e. The Balaban J connectivity index is 1.74. The summed E-state index contributed by atoms with van der Waals surface area (Å²) in [6.45, 7) is 0. The molecule has 0 atom stereocenters. The monoisotopic (exact) mass is 324 g/mol. The van der Waals surface area contributed by atoms with Crippen LogP contribution in [0.15, 0.2) is 60.7 Å². The Morgan fingerprint density at radius 2 is 1.71 bits per heavy atom. The molecular formula is C18H13FN2O3. The summed E-state index contributed by atoms with van der Waals surface area (Å²) in [7, 11) is 1.59. The molecule has 5 nitrogen and oxygen atoms in total. The Morgan fingerprint density at radius 1 is 0.958 bits per heavy atom. The van der Waals surface area contributed by atoms with Gasteiger partial charge in [0, 0.05) is 11.6 Å². The van der Waals surface area contributed by atoms with E-state index in [2.05, 4.69) is 10.2 Å². The lowest BCUT2D eigenvalue weighted by Gasteiger charge is -2.05. The third-order valence-electron chi connectivity index (χ3n) is 3.32. The molecule has 0 radical (unpaired) electrons. The van der Waals surface area contributed by atoms with Crippen LogP contribution >= 0.6 is 0 Å². The fourth-order valence-corrected chi connectivity index (χ4v) is 2.07. The maximum atomic E-state index is 13.5. The second-order valence-corrected chi connectivity index (χ2v) is 4.85. The van der Waals surface area contributed by atoms with Crippen LogP contribution in [0.2, 0.25) is 0 Å². The summed E-state index contributed by atoms with van der Waals surface area (Å²) in [4.78, 5) is 11.9. The van der Waals surface area contributed by atoms with Gasteiger partial charge < -0.3 is 9.47 Å². The summed E-state index contributed by atoms with van der Waals surface area (Å²) in [6, 6.07) is 16.1. The van der Waals surface area contributed by atoms with Gasteiger partial charge in [-0.25, -0.2) is 9.18 Å². The Bertz CT molecular complexity index is 849. The first-order valence-corrected chi connectivity index (χ1v) is 7.12. The average molecular weight is 324 g/mol. The van der Waals surface area contributed by atoms with Crippen LogP contribution < -0.4 is 9.47 Å². The predicted octanol–water partition coefficient (Wildman–Crippen LogP) is 3.51. The Labute approximate surface area is 137 Å². The number of rotatable bonds is 4. The van der Waals surface area contributed by atoms with Crippen molar-refractivity contribution < 1.29 is 18.7 Å². The van der Waals surface area contributed by atoms with Gasteiger partial charge in [-0.1, -0.05) is 12.1 Å². The molecule has 0 amide bonds. The second-order valence-electron chi connectivity index (χ2n) is 4.85. The highest BCUT2D eigenvalue weighted by Gasteiger charge is 2.14. The molecule has 2 aromatic carbocycles. The minimum Gasteiger partial charge on any atom is -0.497 e. The first kappa shape index (κ1) is 15.6. The summed E-state index contributed by atoms with van der Waals surface area (Å²) in [6.07, 6.45) is 0. The molecule has 120 valence electrons. The van der Waals surface area contributed by atoms with Crippen LogP contribution in [-0.2, 0) is 0 Å². The fourth-order valence-electron chi connectivity index (χ4n) is 2.07. The van der Waals surface area contributed by atoms with E-state index in [1.54, 1.807) is 19.2 Å². The lowest BCUT2D eigenvalue weighted by molar-refractivity contribution is 0.0721. The Morgan fingerprint density at radius 3 is 2.33 bits per heavy atom. The molecule has 0 saturated carbocycles. The van der Waals surface area contributed by atoms with E-state index in [4.69, 9.17) is 9.47 Å². The van der Waals surface area contributed by atoms with Gasteiger partial charge in [0.2, 0.25) is 5.88 Å². The number of methoxy groups -OCH3 is 1. The van der Waals surface area contributed by atoms with Crippen molar-refractivity contribution in [3.8, 4) is 22.9 Å². The molecule has 0 spiro atoms. The summed E-state index contributed by atoms with van der Waals surface area (Å²) in [5.41, 5.74) is 1.30. The van der Waals surface area contributed by atoms with Crippen LogP contribution in [0.25, 0.3) is 11.3 Å². The molecule has 0 bridgehead atoms.